The highest BCUT2D eigenvalue weighted by Crippen LogP contribution is 2.06. The quantitative estimate of drug-likeness (QED) is 0.720. The van der Waals surface area contributed by atoms with Crippen LogP contribution in [-0.2, 0) is 22.7 Å². The highest BCUT2D eigenvalue weighted by Gasteiger charge is 2.03. The number of benzene rings is 2. The van der Waals surface area contributed by atoms with Crippen LogP contribution in [0.2, 0.25) is 0 Å². The third kappa shape index (κ3) is 5.55. The summed E-state index contributed by atoms with van der Waals surface area (Å²) in [6.45, 7) is 4.94. The Morgan fingerprint density at radius 3 is 1.50 bits per heavy atom. The zero-order chi connectivity index (χ0) is 14.0. The van der Waals surface area contributed by atoms with Gasteiger partial charge in [0, 0.05) is 5.92 Å². The van der Waals surface area contributed by atoms with Gasteiger partial charge >= 0.3 is 0 Å². The molecule has 0 spiro atoms. The molecule has 20 heavy (non-hydrogen) atoms. The van der Waals surface area contributed by atoms with E-state index in [0.29, 0.717) is 19.1 Å². The molecule has 0 unspecified atom stereocenters. The predicted molar refractivity (Wildman–Crippen MR) is 81.4 cm³/mol. The van der Waals surface area contributed by atoms with Crippen molar-refractivity contribution < 1.29 is 9.47 Å². The van der Waals surface area contributed by atoms with Crippen molar-refractivity contribution in [3.05, 3.63) is 71.8 Å². The number of ether oxygens (including phenoxy) is 2. The fourth-order valence-electron chi connectivity index (χ4n) is 1.95. The molecule has 106 valence electrons. The Bertz CT molecular complexity index is 422. The molecule has 0 aliphatic rings. The second kappa shape index (κ2) is 8.51. The average Bonchev–Trinajstić information content (AvgIpc) is 2.49. The van der Waals surface area contributed by atoms with Gasteiger partial charge in [-0.05, 0) is 11.1 Å². The summed E-state index contributed by atoms with van der Waals surface area (Å²) in [5.41, 5.74) is 2.43. The zero-order valence-corrected chi connectivity index (χ0v) is 12.0. The van der Waals surface area contributed by atoms with Crippen LogP contribution in [-0.4, -0.2) is 13.2 Å². The first-order chi connectivity index (χ1) is 9.84. The van der Waals surface area contributed by atoms with Crippen molar-refractivity contribution in [1.82, 2.24) is 0 Å². The summed E-state index contributed by atoms with van der Waals surface area (Å²) in [7, 11) is 0. The minimum atomic E-state index is 0.405. The van der Waals surface area contributed by atoms with E-state index in [0.717, 1.165) is 13.2 Å². The van der Waals surface area contributed by atoms with Crippen molar-refractivity contribution in [3.8, 4) is 0 Å². The normalized spacial score (nSPS) is 10.9. The second-order valence-electron chi connectivity index (χ2n) is 5.11. The summed E-state index contributed by atoms with van der Waals surface area (Å²) in [5, 5.41) is 0. The Morgan fingerprint density at radius 2 is 1.10 bits per heavy atom. The third-order valence-electron chi connectivity index (χ3n) is 3.03. The smallest absolute Gasteiger partial charge is 0.0717 e. The molecule has 0 fully saturated rings. The Hall–Kier alpha value is -1.64. The van der Waals surface area contributed by atoms with E-state index >= 15 is 0 Å². The number of hydrogen-bond acceptors (Lipinski definition) is 2. The Balaban J connectivity index is 1.58. The van der Waals surface area contributed by atoms with Gasteiger partial charge in [-0.25, -0.2) is 0 Å². The van der Waals surface area contributed by atoms with E-state index in [2.05, 4.69) is 31.2 Å². The van der Waals surface area contributed by atoms with Crippen molar-refractivity contribution in [2.45, 2.75) is 20.1 Å². The van der Waals surface area contributed by atoms with E-state index in [1.54, 1.807) is 0 Å². The van der Waals surface area contributed by atoms with Crippen LogP contribution in [0.4, 0.5) is 0 Å². The van der Waals surface area contributed by atoms with Gasteiger partial charge in [0.2, 0.25) is 0 Å². The minimum Gasteiger partial charge on any atom is -0.376 e. The summed E-state index contributed by atoms with van der Waals surface area (Å²) < 4.78 is 11.4. The van der Waals surface area contributed by atoms with Crippen molar-refractivity contribution in [3.63, 3.8) is 0 Å². The molecule has 2 rings (SSSR count). The molecule has 2 nitrogen and oxygen atoms in total. The van der Waals surface area contributed by atoms with E-state index in [1.165, 1.54) is 11.1 Å². The van der Waals surface area contributed by atoms with Crippen LogP contribution in [0, 0.1) is 5.92 Å². The van der Waals surface area contributed by atoms with Gasteiger partial charge in [-0.15, -0.1) is 0 Å². The van der Waals surface area contributed by atoms with Crippen LogP contribution in [0.3, 0.4) is 0 Å². The average molecular weight is 270 g/mol. The lowest BCUT2D eigenvalue weighted by atomic mass is 10.2. The van der Waals surface area contributed by atoms with Crippen LogP contribution >= 0.6 is 0 Å². The molecule has 0 aromatic heterocycles. The largest absolute Gasteiger partial charge is 0.376 e. The van der Waals surface area contributed by atoms with Gasteiger partial charge in [-0.2, -0.15) is 0 Å². The summed E-state index contributed by atoms with van der Waals surface area (Å²) >= 11 is 0. The summed E-state index contributed by atoms with van der Waals surface area (Å²) in [5.74, 6) is 0.405. The minimum absolute atomic E-state index is 0.405. The van der Waals surface area contributed by atoms with Crippen molar-refractivity contribution in [1.29, 1.82) is 0 Å². The van der Waals surface area contributed by atoms with E-state index in [1.807, 2.05) is 36.4 Å². The fourth-order valence-corrected chi connectivity index (χ4v) is 1.95. The van der Waals surface area contributed by atoms with Crippen molar-refractivity contribution in [2.75, 3.05) is 13.2 Å². The molecule has 0 radical (unpaired) electrons. The highest BCUT2D eigenvalue weighted by atomic mass is 16.5. The molecule has 0 N–H and O–H groups in total. The first-order valence-electron chi connectivity index (χ1n) is 7.08. The molecular weight excluding hydrogens is 248 g/mol. The van der Waals surface area contributed by atoms with Crippen molar-refractivity contribution >= 4 is 0 Å². The van der Waals surface area contributed by atoms with Crippen molar-refractivity contribution in [2.24, 2.45) is 5.92 Å². The lowest BCUT2D eigenvalue weighted by molar-refractivity contribution is 0.0335. The molecular formula is C18H22O2. The zero-order valence-electron chi connectivity index (χ0n) is 12.0. The Morgan fingerprint density at radius 1 is 0.700 bits per heavy atom. The van der Waals surface area contributed by atoms with Gasteiger partial charge in [-0.1, -0.05) is 67.6 Å². The molecule has 0 aliphatic heterocycles. The SMILES string of the molecule is CC(COCc1ccccc1)COCc1ccccc1. The highest BCUT2D eigenvalue weighted by molar-refractivity contribution is 5.14. The summed E-state index contributed by atoms with van der Waals surface area (Å²) in [6, 6.07) is 20.5. The first-order valence-corrected chi connectivity index (χ1v) is 7.08. The van der Waals surface area contributed by atoms with E-state index < -0.39 is 0 Å². The van der Waals surface area contributed by atoms with E-state index in [4.69, 9.17) is 9.47 Å². The molecule has 2 aromatic carbocycles. The van der Waals surface area contributed by atoms with Crippen LogP contribution in [0.5, 0.6) is 0 Å². The van der Waals surface area contributed by atoms with Crippen LogP contribution in [0.15, 0.2) is 60.7 Å². The Labute approximate surface area is 121 Å². The maximum absolute atomic E-state index is 5.70. The van der Waals surface area contributed by atoms with E-state index in [-0.39, 0.29) is 0 Å². The lowest BCUT2D eigenvalue weighted by Gasteiger charge is -2.12. The maximum atomic E-state index is 5.70. The number of hydrogen-bond donors (Lipinski definition) is 0. The maximum Gasteiger partial charge on any atom is 0.0717 e. The van der Waals surface area contributed by atoms with Crippen LogP contribution in [0.1, 0.15) is 18.1 Å². The van der Waals surface area contributed by atoms with Gasteiger partial charge in [0.1, 0.15) is 0 Å². The third-order valence-corrected chi connectivity index (χ3v) is 3.03. The summed E-state index contributed by atoms with van der Waals surface area (Å²) in [4.78, 5) is 0. The lowest BCUT2D eigenvalue weighted by Crippen LogP contribution is -2.12. The summed E-state index contributed by atoms with van der Waals surface area (Å²) in [6.07, 6.45) is 0. The molecule has 0 aliphatic carbocycles. The van der Waals surface area contributed by atoms with Gasteiger partial charge in [0.05, 0.1) is 26.4 Å². The van der Waals surface area contributed by atoms with Gasteiger partial charge in [0.15, 0.2) is 0 Å². The predicted octanol–water partition coefficient (Wildman–Crippen LogP) is 4.06. The molecule has 2 heteroatoms. The first kappa shape index (κ1) is 14.8. The number of rotatable bonds is 8. The molecule has 0 atom stereocenters. The van der Waals surface area contributed by atoms with E-state index in [9.17, 15) is 0 Å². The molecule has 0 saturated carbocycles. The molecule has 2 aromatic rings. The standard InChI is InChI=1S/C18H22O2/c1-16(12-19-14-17-8-4-2-5-9-17)13-20-15-18-10-6-3-7-11-18/h2-11,16H,12-15H2,1H3. The fraction of sp³-hybridized carbons (Fsp3) is 0.333. The van der Waals surface area contributed by atoms with Crippen LogP contribution in [0.25, 0.3) is 0 Å². The monoisotopic (exact) mass is 270 g/mol. The van der Waals surface area contributed by atoms with Gasteiger partial charge in [-0.3, -0.25) is 0 Å². The molecule has 0 heterocycles. The molecule has 0 bridgehead atoms. The van der Waals surface area contributed by atoms with Gasteiger partial charge in [0.25, 0.3) is 0 Å². The van der Waals surface area contributed by atoms with Gasteiger partial charge < -0.3 is 9.47 Å². The molecule has 0 amide bonds. The Kier molecular flexibility index (Phi) is 6.28. The second-order valence-corrected chi connectivity index (χ2v) is 5.11. The topological polar surface area (TPSA) is 18.5 Å². The van der Waals surface area contributed by atoms with Crippen LogP contribution < -0.4 is 0 Å². The molecule has 0 saturated heterocycles.